The van der Waals surface area contributed by atoms with Gasteiger partial charge < -0.3 is 10.1 Å². The van der Waals surface area contributed by atoms with E-state index in [1.165, 1.54) is 31.2 Å². The molecule has 0 aliphatic carbocycles. The van der Waals surface area contributed by atoms with Crippen molar-refractivity contribution >= 4 is 27.6 Å². The van der Waals surface area contributed by atoms with Crippen molar-refractivity contribution in [2.24, 2.45) is 0 Å². The van der Waals surface area contributed by atoms with Crippen LogP contribution in [-0.2, 0) is 19.6 Å². The van der Waals surface area contributed by atoms with E-state index in [0.29, 0.717) is 11.6 Å². The highest BCUT2D eigenvalue weighted by molar-refractivity contribution is 7.89. The Kier molecular flexibility index (Phi) is 7.53. The quantitative estimate of drug-likeness (QED) is 0.641. The van der Waals surface area contributed by atoms with E-state index in [1.54, 1.807) is 19.1 Å². The monoisotopic (exact) mass is 418 g/mol. The molecule has 1 atom stereocenters. The van der Waals surface area contributed by atoms with Gasteiger partial charge in [0.05, 0.1) is 10.5 Å². The Bertz CT molecular complexity index is 952. The summed E-state index contributed by atoms with van der Waals surface area (Å²) in [5.41, 5.74) is 1.92. The first-order chi connectivity index (χ1) is 13.6. The minimum Gasteiger partial charge on any atom is -0.449 e. The molecule has 0 saturated carbocycles. The summed E-state index contributed by atoms with van der Waals surface area (Å²) in [6.45, 7) is 7.57. The Morgan fingerprint density at radius 1 is 0.966 bits per heavy atom. The molecule has 0 aromatic heterocycles. The maximum Gasteiger partial charge on any atom is 0.338 e. The number of carbonyl (C=O) groups is 2. The smallest absolute Gasteiger partial charge is 0.338 e. The van der Waals surface area contributed by atoms with Crippen molar-refractivity contribution in [2.45, 2.75) is 44.6 Å². The van der Waals surface area contributed by atoms with Crippen LogP contribution in [0.2, 0.25) is 0 Å². The normalized spacial score (nSPS) is 12.4. The zero-order valence-corrected chi connectivity index (χ0v) is 17.7. The number of hydrogen-bond donors (Lipinski definition) is 2. The van der Waals surface area contributed by atoms with Crippen molar-refractivity contribution in [2.75, 3.05) is 11.9 Å². The second-order valence-corrected chi connectivity index (χ2v) is 8.61. The maximum atomic E-state index is 12.3. The Balaban J connectivity index is 1.98. The van der Waals surface area contributed by atoms with Gasteiger partial charge in [-0.3, -0.25) is 4.79 Å². The molecular formula is C21H26N2O5S. The number of nitrogens with one attached hydrogen (secondary N) is 2. The summed E-state index contributed by atoms with van der Waals surface area (Å²) in [5.74, 6) is -0.782. The van der Waals surface area contributed by atoms with E-state index in [-0.39, 0.29) is 17.0 Å². The Morgan fingerprint density at radius 2 is 1.55 bits per heavy atom. The van der Waals surface area contributed by atoms with Crippen molar-refractivity contribution in [1.29, 1.82) is 0 Å². The highest BCUT2D eigenvalue weighted by atomic mass is 32.2. The number of rotatable bonds is 8. The van der Waals surface area contributed by atoms with Crippen molar-refractivity contribution in [3.8, 4) is 0 Å². The molecule has 0 aliphatic heterocycles. The van der Waals surface area contributed by atoms with Gasteiger partial charge in [-0.1, -0.05) is 32.9 Å². The number of ether oxygens (including phenoxy) is 1. The summed E-state index contributed by atoms with van der Waals surface area (Å²) in [4.78, 5) is 24.6. The van der Waals surface area contributed by atoms with E-state index in [2.05, 4.69) is 23.9 Å². The molecule has 2 N–H and O–H groups in total. The largest absolute Gasteiger partial charge is 0.449 e. The van der Waals surface area contributed by atoms with Crippen LogP contribution in [-0.4, -0.2) is 32.9 Å². The highest BCUT2D eigenvalue weighted by Crippen LogP contribution is 2.18. The molecule has 0 heterocycles. The molecule has 8 heteroatoms. The van der Waals surface area contributed by atoms with Gasteiger partial charge in [0, 0.05) is 12.2 Å². The van der Waals surface area contributed by atoms with Crippen molar-refractivity contribution in [1.82, 2.24) is 4.72 Å². The molecular weight excluding hydrogens is 392 g/mol. The van der Waals surface area contributed by atoms with Gasteiger partial charge in [0.25, 0.3) is 5.91 Å². The molecule has 2 aromatic carbocycles. The zero-order valence-electron chi connectivity index (χ0n) is 16.9. The summed E-state index contributed by atoms with van der Waals surface area (Å²) >= 11 is 0. The zero-order chi connectivity index (χ0) is 21.6. The van der Waals surface area contributed by atoms with E-state index in [4.69, 9.17) is 4.74 Å². The van der Waals surface area contributed by atoms with Crippen LogP contribution in [0, 0.1) is 0 Å². The number of esters is 1. The third kappa shape index (κ3) is 6.13. The lowest BCUT2D eigenvalue weighted by Gasteiger charge is -2.14. The number of benzene rings is 2. The second kappa shape index (κ2) is 9.67. The van der Waals surface area contributed by atoms with E-state index < -0.39 is 28.0 Å². The van der Waals surface area contributed by atoms with Gasteiger partial charge in [-0.15, -0.1) is 0 Å². The van der Waals surface area contributed by atoms with Gasteiger partial charge >= 0.3 is 5.97 Å². The van der Waals surface area contributed by atoms with Crippen LogP contribution in [0.5, 0.6) is 0 Å². The summed E-state index contributed by atoms with van der Waals surface area (Å²) < 4.78 is 31.4. The average Bonchev–Trinajstić information content (AvgIpc) is 2.68. The van der Waals surface area contributed by atoms with Crippen LogP contribution in [0.1, 0.15) is 49.5 Å². The van der Waals surface area contributed by atoms with Crippen LogP contribution < -0.4 is 10.0 Å². The lowest BCUT2D eigenvalue weighted by atomic mass is 10.0. The Hall–Kier alpha value is -2.71. The lowest BCUT2D eigenvalue weighted by Crippen LogP contribution is -2.30. The molecule has 1 amide bonds. The lowest BCUT2D eigenvalue weighted by molar-refractivity contribution is -0.123. The molecule has 0 aliphatic rings. The van der Waals surface area contributed by atoms with Gasteiger partial charge in [-0.25, -0.2) is 17.9 Å². The predicted octanol–water partition coefficient (Wildman–Crippen LogP) is 3.29. The molecule has 29 heavy (non-hydrogen) atoms. The first-order valence-electron chi connectivity index (χ1n) is 9.35. The molecule has 0 bridgehead atoms. The minimum atomic E-state index is -3.60. The first-order valence-corrected chi connectivity index (χ1v) is 10.8. The van der Waals surface area contributed by atoms with Crippen LogP contribution in [0.3, 0.4) is 0 Å². The fraction of sp³-hybridized carbons (Fsp3) is 0.333. The summed E-state index contributed by atoms with van der Waals surface area (Å²) in [7, 11) is -3.60. The van der Waals surface area contributed by atoms with Gasteiger partial charge in [-0.05, 0) is 54.8 Å². The molecule has 0 unspecified atom stereocenters. The molecule has 156 valence electrons. The molecule has 0 spiro atoms. The standard InChI is InChI=1S/C21H26N2O5S/c1-5-22-29(26,27)19-12-8-17(9-13-19)21(25)28-15(4)20(24)23-18-10-6-16(7-11-18)14(2)3/h6-15,22H,5H2,1-4H3,(H,23,24)/t15-/m0/s1. The fourth-order valence-corrected chi connectivity index (χ4v) is 3.56. The number of hydrogen-bond acceptors (Lipinski definition) is 5. The highest BCUT2D eigenvalue weighted by Gasteiger charge is 2.20. The first kappa shape index (κ1) is 22.6. The van der Waals surface area contributed by atoms with Gasteiger partial charge in [0.2, 0.25) is 10.0 Å². The summed E-state index contributed by atoms with van der Waals surface area (Å²) in [5, 5.41) is 2.70. The molecule has 0 saturated heterocycles. The average molecular weight is 419 g/mol. The molecule has 2 aromatic rings. The third-order valence-corrected chi connectivity index (χ3v) is 5.79. The summed E-state index contributed by atoms with van der Waals surface area (Å²) in [6, 6.07) is 12.8. The van der Waals surface area contributed by atoms with E-state index in [1.807, 2.05) is 12.1 Å². The van der Waals surface area contributed by atoms with Crippen LogP contribution in [0.4, 0.5) is 5.69 Å². The Morgan fingerprint density at radius 3 is 2.07 bits per heavy atom. The SMILES string of the molecule is CCNS(=O)(=O)c1ccc(C(=O)O[C@@H](C)C(=O)Nc2ccc(C(C)C)cc2)cc1. The Labute approximate surface area is 171 Å². The number of amides is 1. The fourth-order valence-electron chi connectivity index (χ4n) is 2.52. The number of sulfonamides is 1. The predicted molar refractivity (Wildman–Crippen MR) is 111 cm³/mol. The number of carbonyl (C=O) groups excluding carboxylic acids is 2. The van der Waals surface area contributed by atoms with E-state index >= 15 is 0 Å². The summed E-state index contributed by atoms with van der Waals surface area (Å²) in [6.07, 6.45) is -1.02. The maximum absolute atomic E-state index is 12.3. The third-order valence-electron chi connectivity index (χ3n) is 4.23. The van der Waals surface area contributed by atoms with Gasteiger partial charge in [-0.2, -0.15) is 0 Å². The van der Waals surface area contributed by atoms with Crippen molar-refractivity contribution < 1.29 is 22.7 Å². The second-order valence-electron chi connectivity index (χ2n) is 6.84. The molecule has 2 rings (SSSR count). The van der Waals surface area contributed by atoms with Crippen molar-refractivity contribution in [3.05, 3.63) is 59.7 Å². The van der Waals surface area contributed by atoms with Gasteiger partial charge in [0.1, 0.15) is 0 Å². The van der Waals surface area contributed by atoms with Crippen LogP contribution in [0.15, 0.2) is 53.4 Å². The topological polar surface area (TPSA) is 102 Å². The molecule has 0 fully saturated rings. The van der Waals surface area contributed by atoms with E-state index in [0.717, 1.165) is 5.56 Å². The van der Waals surface area contributed by atoms with Crippen molar-refractivity contribution in [3.63, 3.8) is 0 Å². The molecule has 7 nitrogen and oxygen atoms in total. The minimum absolute atomic E-state index is 0.0477. The van der Waals surface area contributed by atoms with Crippen LogP contribution in [0.25, 0.3) is 0 Å². The molecule has 0 radical (unpaired) electrons. The van der Waals surface area contributed by atoms with Crippen LogP contribution >= 0.6 is 0 Å². The number of anilines is 1. The van der Waals surface area contributed by atoms with E-state index in [9.17, 15) is 18.0 Å². The van der Waals surface area contributed by atoms with Gasteiger partial charge in [0.15, 0.2) is 6.10 Å².